The maximum atomic E-state index is 15.3. The molecule has 1 N–H and O–H groups in total. The van der Waals surface area contributed by atoms with E-state index in [-0.39, 0.29) is 42.0 Å². The molecule has 280 valence electrons. The van der Waals surface area contributed by atoms with Gasteiger partial charge >= 0.3 is 0 Å². The SMILES string of the molecule is COc1ccc(O)c(C2C3=CCC4C(=O)N(c5ccc(-c6nc7ccccc7o6)cc5)C(=O)C4C3CC3C(=O)C(c4ccccc4)=CC(=O)C32c2ccccc2)c1. The highest BCUT2D eigenvalue weighted by molar-refractivity contribution is 6.32. The molecule has 6 unspecified atom stereocenters. The van der Waals surface area contributed by atoms with Gasteiger partial charge in [-0.25, -0.2) is 4.98 Å². The highest BCUT2D eigenvalue weighted by atomic mass is 16.5. The van der Waals surface area contributed by atoms with E-state index in [0.29, 0.717) is 50.7 Å². The van der Waals surface area contributed by atoms with E-state index in [1.54, 1.807) is 36.4 Å². The number of phenolic OH excluding ortho intramolecular Hbond substituents is 1. The molecule has 5 aromatic carbocycles. The number of rotatable bonds is 6. The zero-order valence-corrected chi connectivity index (χ0v) is 30.9. The number of ketones is 2. The van der Waals surface area contributed by atoms with Crippen LogP contribution in [0.15, 0.2) is 150 Å². The van der Waals surface area contributed by atoms with Gasteiger partial charge in [0.05, 0.1) is 30.0 Å². The number of hydrogen-bond donors (Lipinski definition) is 1. The van der Waals surface area contributed by atoms with E-state index in [1.807, 2.05) is 91.0 Å². The molecule has 9 nitrogen and oxygen atoms in total. The third-order valence-corrected chi connectivity index (χ3v) is 12.6. The molecule has 9 heteroatoms. The van der Waals surface area contributed by atoms with Gasteiger partial charge in [0.15, 0.2) is 17.1 Å². The van der Waals surface area contributed by atoms with Crippen molar-refractivity contribution in [2.75, 3.05) is 12.0 Å². The van der Waals surface area contributed by atoms with Gasteiger partial charge in [0, 0.05) is 28.5 Å². The molecule has 2 fully saturated rings. The van der Waals surface area contributed by atoms with E-state index in [0.717, 1.165) is 11.1 Å². The number of amides is 2. The van der Waals surface area contributed by atoms with E-state index in [2.05, 4.69) is 4.98 Å². The van der Waals surface area contributed by atoms with Crippen molar-refractivity contribution < 1.29 is 33.4 Å². The lowest BCUT2D eigenvalue weighted by Gasteiger charge is -2.55. The molecule has 57 heavy (non-hydrogen) atoms. The van der Waals surface area contributed by atoms with Crippen LogP contribution in [0.25, 0.3) is 28.1 Å². The van der Waals surface area contributed by atoms with E-state index < -0.39 is 35.0 Å². The van der Waals surface area contributed by atoms with Crippen LogP contribution in [0.3, 0.4) is 0 Å². The number of Topliss-reactive ketones (excluding diaryl/α,β-unsaturated/α-hetero) is 1. The molecule has 6 aromatic rings. The number of fused-ring (bicyclic) bond motifs is 5. The van der Waals surface area contributed by atoms with Gasteiger partial charge in [0.1, 0.15) is 17.0 Å². The molecule has 3 aliphatic carbocycles. The Labute approximate surface area is 327 Å². The number of methoxy groups -OCH3 is 1. The predicted octanol–water partition coefficient (Wildman–Crippen LogP) is 8.24. The van der Waals surface area contributed by atoms with Crippen LogP contribution in [0.4, 0.5) is 5.69 Å². The number of nitrogens with zero attached hydrogens (tertiary/aromatic N) is 2. The first-order valence-corrected chi connectivity index (χ1v) is 19.1. The second-order valence-electron chi connectivity index (χ2n) is 15.3. The molecule has 2 heterocycles. The smallest absolute Gasteiger partial charge is 0.238 e. The summed E-state index contributed by atoms with van der Waals surface area (Å²) in [6.07, 6.45) is 3.86. The number of aromatic nitrogens is 1. The quantitative estimate of drug-likeness (QED) is 0.133. The molecule has 0 spiro atoms. The minimum atomic E-state index is -1.47. The first-order chi connectivity index (χ1) is 27.8. The number of allylic oxidation sites excluding steroid dienone is 4. The van der Waals surface area contributed by atoms with Crippen molar-refractivity contribution in [2.24, 2.45) is 23.7 Å². The summed E-state index contributed by atoms with van der Waals surface area (Å²) in [4.78, 5) is 65.5. The Bertz CT molecular complexity index is 2670. The minimum absolute atomic E-state index is 0.0638. The molecule has 4 aliphatic rings. The summed E-state index contributed by atoms with van der Waals surface area (Å²) >= 11 is 0. The maximum Gasteiger partial charge on any atom is 0.238 e. The van der Waals surface area contributed by atoms with Gasteiger partial charge in [-0.15, -0.1) is 0 Å². The van der Waals surface area contributed by atoms with Crippen molar-refractivity contribution in [1.82, 2.24) is 4.98 Å². The lowest BCUT2D eigenvalue weighted by Crippen LogP contribution is -2.58. The number of anilines is 1. The number of imide groups is 1. The first kappa shape index (κ1) is 34.6. The Morgan fingerprint density at radius 1 is 0.789 bits per heavy atom. The van der Waals surface area contributed by atoms with E-state index in [1.165, 1.54) is 24.2 Å². The molecule has 1 aromatic heterocycles. The first-order valence-electron chi connectivity index (χ1n) is 19.1. The summed E-state index contributed by atoms with van der Waals surface area (Å²) in [7, 11) is 1.53. The molecule has 1 saturated heterocycles. The van der Waals surface area contributed by atoms with Crippen LogP contribution in [0.2, 0.25) is 0 Å². The zero-order chi connectivity index (χ0) is 39.0. The number of aromatic hydroxyl groups is 1. The Balaban J connectivity index is 1.11. The van der Waals surface area contributed by atoms with Gasteiger partial charge in [0.2, 0.25) is 17.7 Å². The van der Waals surface area contributed by atoms with Crippen molar-refractivity contribution in [2.45, 2.75) is 24.2 Å². The summed E-state index contributed by atoms with van der Waals surface area (Å²) in [6.45, 7) is 0. The number of ether oxygens (including phenoxy) is 1. The topological polar surface area (TPSA) is 127 Å². The Morgan fingerprint density at radius 3 is 2.25 bits per heavy atom. The van der Waals surface area contributed by atoms with Gasteiger partial charge in [0.25, 0.3) is 0 Å². The standard InChI is InChI=1S/C48H36N2O7/c1-56-31-20-23-39(51)36(24-31)43-32-21-22-33-42(47(55)50(46(33)54)30-18-16-28(17-19-30)45-49-38-14-8-9-15-40(38)57-45)35(32)25-37-44(53)34(27-10-4-2-5-11-27)26-41(52)48(37,43)29-12-6-3-7-13-29/h2-21,23-24,26,33,35,37,42-43,51H,22,25H2,1H3. The van der Waals surface area contributed by atoms with E-state index in [4.69, 9.17) is 9.15 Å². The number of hydrogen-bond acceptors (Lipinski definition) is 8. The van der Waals surface area contributed by atoms with Crippen LogP contribution in [0.1, 0.15) is 35.4 Å². The highest BCUT2D eigenvalue weighted by Gasteiger charge is 2.66. The predicted molar refractivity (Wildman–Crippen MR) is 213 cm³/mol. The molecule has 2 amide bonds. The number of para-hydroxylation sites is 2. The maximum absolute atomic E-state index is 15.3. The van der Waals surface area contributed by atoms with E-state index in [9.17, 15) is 14.7 Å². The van der Waals surface area contributed by atoms with Crippen molar-refractivity contribution in [1.29, 1.82) is 0 Å². The fourth-order valence-corrected chi connectivity index (χ4v) is 10.1. The number of carbonyl (C=O) groups is 4. The average Bonchev–Trinajstić information content (AvgIpc) is 3.80. The number of carbonyl (C=O) groups excluding carboxylic acids is 4. The monoisotopic (exact) mass is 752 g/mol. The third kappa shape index (κ3) is 5.11. The lowest BCUT2D eigenvalue weighted by atomic mass is 9.44. The van der Waals surface area contributed by atoms with Gasteiger partial charge in [-0.2, -0.15) is 0 Å². The molecule has 1 saturated carbocycles. The molecule has 6 atom stereocenters. The Hall–Kier alpha value is -6.87. The van der Waals surface area contributed by atoms with Gasteiger partial charge in [-0.3, -0.25) is 24.1 Å². The summed E-state index contributed by atoms with van der Waals surface area (Å²) in [6, 6.07) is 37.8. The second-order valence-corrected chi connectivity index (χ2v) is 15.3. The van der Waals surface area contributed by atoms with Crippen molar-refractivity contribution in [3.05, 3.63) is 162 Å². The minimum Gasteiger partial charge on any atom is -0.508 e. The van der Waals surface area contributed by atoms with Crippen LogP contribution in [-0.4, -0.2) is 40.6 Å². The van der Waals surface area contributed by atoms with Gasteiger partial charge in [-0.05, 0) is 90.6 Å². The molecular formula is C48H36N2O7. The number of benzene rings is 5. The van der Waals surface area contributed by atoms with Crippen LogP contribution in [-0.2, 0) is 24.6 Å². The average molecular weight is 753 g/mol. The summed E-state index contributed by atoms with van der Waals surface area (Å²) in [5, 5.41) is 11.7. The normalized spacial score (nSPS) is 25.4. The third-order valence-electron chi connectivity index (χ3n) is 12.6. The van der Waals surface area contributed by atoms with E-state index >= 15 is 9.59 Å². The van der Waals surface area contributed by atoms with Gasteiger partial charge in [-0.1, -0.05) is 84.4 Å². The van der Waals surface area contributed by atoms with Crippen LogP contribution < -0.4 is 9.64 Å². The molecule has 10 rings (SSSR count). The Morgan fingerprint density at radius 2 is 1.51 bits per heavy atom. The Kier molecular flexibility index (Phi) is 7.97. The fraction of sp³-hybridized carbons (Fsp3) is 0.188. The fourth-order valence-electron chi connectivity index (χ4n) is 10.1. The molecule has 0 bridgehead atoms. The highest BCUT2D eigenvalue weighted by Crippen LogP contribution is 2.64. The largest absolute Gasteiger partial charge is 0.508 e. The van der Waals surface area contributed by atoms with Crippen molar-refractivity contribution in [3.8, 4) is 23.0 Å². The molecular weight excluding hydrogens is 717 g/mol. The number of oxazole rings is 1. The second kappa shape index (κ2) is 13.1. The van der Waals surface area contributed by atoms with Crippen LogP contribution in [0, 0.1) is 23.7 Å². The van der Waals surface area contributed by atoms with Crippen LogP contribution >= 0.6 is 0 Å². The molecule has 1 aliphatic heterocycles. The van der Waals surface area contributed by atoms with Crippen LogP contribution in [0.5, 0.6) is 11.5 Å². The summed E-state index contributed by atoms with van der Waals surface area (Å²) < 4.78 is 11.6. The lowest BCUT2D eigenvalue weighted by molar-refractivity contribution is -0.135. The van der Waals surface area contributed by atoms with Crippen molar-refractivity contribution >= 4 is 45.7 Å². The number of phenols is 1. The zero-order valence-electron chi connectivity index (χ0n) is 30.9. The van der Waals surface area contributed by atoms with Gasteiger partial charge < -0.3 is 14.3 Å². The summed E-state index contributed by atoms with van der Waals surface area (Å²) in [5.74, 6) is -4.19. The van der Waals surface area contributed by atoms with Crippen molar-refractivity contribution in [3.63, 3.8) is 0 Å². The summed E-state index contributed by atoms with van der Waals surface area (Å²) in [5.41, 5.74) is 3.78. The molecule has 0 radical (unpaired) electrons.